The van der Waals surface area contributed by atoms with Crippen LogP contribution in [0.2, 0.25) is 12.6 Å². The Bertz CT molecular complexity index is 227. The highest BCUT2D eigenvalue weighted by atomic mass is 28.4. The van der Waals surface area contributed by atoms with Gasteiger partial charge in [-0.3, -0.25) is 4.79 Å². The molecule has 0 rings (SSSR count). The first kappa shape index (κ1) is 17.6. The lowest BCUT2D eigenvalue weighted by atomic mass is 10.1. The van der Waals surface area contributed by atoms with Gasteiger partial charge in [-0.2, -0.15) is 0 Å². The average molecular weight is 276 g/mol. The summed E-state index contributed by atoms with van der Waals surface area (Å²) < 4.78 is 16.7. The van der Waals surface area contributed by atoms with Crippen molar-refractivity contribution in [3.05, 3.63) is 0 Å². The fourth-order valence-corrected chi connectivity index (χ4v) is 4.05. The molecule has 1 unspecified atom stereocenters. The molecular weight excluding hydrogens is 248 g/mol. The van der Waals surface area contributed by atoms with E-state index in [0.717, 1.165) is 18.9 Å². The van der Waals surface area contributed by atoms with Crippen molar-refractivity contribution < 1.29 is 18.4 Å². The summed E-state index contributed by atoms with van der Waals surface area (Å²) in [6, 6.07) is 0.864. The molecule has 0 spiro atoms. The van der Waals surface area contributed by atoms with Crippen LogP contribution in [-0.4, -0.2) is 34.4 Å². The Morgan fingerprint density at radius 3 is 2.17 bits per heavy atom. The van der Waals surface area contributed by atoms with Crippen molar-refractivity contribution in [3.8, 4) is 0 Å². The standard InChI is InChI=1S/C13H28O4Si/c1-6-12(4)13(14)15-10-9-11-18(5,16-7-2)17-8-3/h12H,6-11H2,1-5H3. The summed E-state index contributed by atoms with van der Waals surface area (Å²) >= 11 is 0. The van der Waals surface area contributed by atoms with Crippen molar-refractivity contribution in [2.45, 2.75) is 53.1 Å². The van der Waals surface area contributed by atoms with Gasteiger partial charge in [-0.25, -0.2) is 0 Å². The SMILES string of the molecule is CCO[Si](C)(CCCOC(=O)C(C)CC)OCC. The van der Waals surface area contributed by atoms with Crippen LogP contribution in [-0.2, 0) is 18.4 Å². The third-order valence-corrected chi connectivity index (χ3v) is 5.99. The number of hydrogen-bond acceptors (Lipinski definition) is 4. The van der Waals surface area contributed by atoms with Crippen molar-refractivity contribution in [3.63, 3.8) is 0 Å². The number of ether oxygens (including phenoxy) is 1. The Morgan fingerprint density at radius 2 is 1.72 bits per heavy atom. The minimum atomic E-state index is -2.05. The zero-order valence-electron chi connectivity index (χ0n) is 12.5. The second-order valence-corrected chi connectivity index (χ2v) is 7.93. The highest BCUT2D eigenvalue weighted by Crippen LogP contribution is 2.16. The van der Waals surface area contributed by atoms with Gasteiger partial charge < -0.3 is 13.6 Å². The Balaban J connectivity index is 3.89. The Kier molecular flexibility index (Phi) is 9.32. The second-order valence-electron chi connectivity index (χ2n) is 4.58. The summed E-state index contributed by atoms with van der Waals surface area (Å²) in [6.07, 6.45) is 1.63. The third-order valence-electron chi connectivity index (χ3n) is 2.93. The number of carbonyl (C=O) groups is 1. The molecule has 0 fully saturated rings. The highest BCUT2D eigenvalue weighted by molar-refractivity contribution is 6.66. The molecule has 0 aromatic carbocycles. The first-order chi connectivity index (χ1) is 8.49. The molecule has 0 aliphatic heterocycles. The van der Waals surface area contributed by atoms with E-state index in [1.807, 2.05) is 27.7 Å². The molecule has 0 aliphatic rings. The van der Waals surface area contributed by atoms with Crippen LogP contribution >= 0.6 is 0 Å². The maximum absolute atomic E-state index is 11.5. The summed E-state index contributed by atoms with van der Waals surface area (Å²) in [6.45, 7) is 11.7. The van der Waals surface area contributed by atoms with Crippen molar-refractivity contribution >= 4 is 14.5 Å². The van der Waals surface area contributed by atoms with Crippen LogP contribution in [0.3, 0.4) is 0 Å². The summed E-state index contributed by atoms with van der Waals surface area (Å²) in [5.41, 5.74) is 0. The molecule has 0 saturated heterocycles. The van der Waals surface area contributed by atoms with E-state index < -0.39 is 8.56 Å². The second kappa shape index (κ2) is 9.53. The molecule has 1 atom stereocenters. The van der Waals surface area contributed by atoms with Gasteiger partial charge in [0.05, 0.1) is 12.5 Å². The number of carbonyl (C=O) groups excluding carboxylic acids is 1. The van der Waals surface area contributed by atoms with E-state index in [1.54, 1.807) is 0 Å². The van der Waals surface area contributed by atoms with Crippen LogP contribution in [0.1, 0.15) is 40.5 Å². The molecule has 108 valence electrons. The van der Waals surface area contributed by atoms with Crippen molar-refractivity contribution in [2.75, 3.05) is 19.8 Å². The Morgan fingerprint density at radius 1 is 1.17 bits per heavy atom. The topological polar surface area (TPSA) is 44.8 Å². The molecule has 0 N–H and O–H groups in total. The van der Waals surface area contributed by atoms with Crippen LogP contribution in [0.4, 0.5) is 0 Å². The van der Waals surface area contributed by atoms with Crippen LogP contribution < -0.4 is 0 Å². The lowest BCUT2D eigenvalue weighted by molar-refractivity contribution is -0.148. The molecule has 0 aromatic heterocycles. The smallest absolute Gasteiger partial charge is 0.335 e. The van der Waals surface area contributed by atoms with Crippen molar-refractivity contribution in [1.82, 2.24) is 0 Å². The molecule has 0 heterocycles. The van der Waals surface area contributed by atoms with Crippen molar-refractivity contribution in [1.29, 1.82) is 0 Å². The van der Waals surface area contributed by atoms with E-state index in [-0.39, 0.29) is 11.9 Å². The fourth-order valence-electron chi connectivity index (χ4n) is 1.67. The Hall–Kier alpha value is -0.393. The van der Waals surface area contributed by atoms with Gasteiger partial charge in [0.1, 0.15) is 0 Å². The molecule has 4 nitrogen and oxygen atoms in total. The minimum Gasteiger partial charge on any atom is -0.465 e. The maximum Gasteiger partial charge on any atom is 0.335 e. The molecule has 18 heavy (non-hydrogen) atoms. The van der Waals surface area contributed by atoms with Crippen LogP contribution in [0.25, 0.3) is 0 Å². The van der Waals surface area contributed by atoms with E-state index in [9.17, 15) is 4.79 Å². The maximum atomic E-state index is 11.5. The molecular formula is C13H28O4Si. The fraction of sp³-hybridized carbons (Fsp3) is 0.923. The van der Waals surface area contributed by atoms with E-state index in [0.29, 0.717) is 19.8 Å². The van der Waals surface area contributed by atoms with Crippen LogP contribution in [0, 0.1) is 5.92 Å². The number of rotatable bonds is 10. The molecule has 0 aliphatic carbocycles. The zero-order chi connectivity index (χ0) is 14.0. The summed E-state index contributed by atoms with van der Waals surface area (Å²) in [4.78, 5) is 11.5. The van der Waals surface area contributed by atoms with Gasteiger partial charge in [-0.1, -0.05) is 13.8 Å². The van der Waals surface area contributed by atoms with E-state index >= 15 is 0 Å². The van der Waals surface area contributed by atoms with Gasteiger partial charge in [0.15, 0.2) is 0 Å². The predicted octanol–water partition coefficient (Wildman–Crippen LogP) is 3.11. The minimum absolute atomic E-state index is 0.00703. The highest BCUT2D eigenvalue weighted by Gasteiger charge is 2.30. The van der Waals surface area contributed by atoms with E-state index in [2.05, 4.69) is 6.55 Å². The first-order valence-corrected chi connectivity index (χ1v) is 9.46. The summed E-state index contributed by atoms with van der Waals surface area (Å²) in [5.74, 6) is -0.110. The monoisotopic (exact) mass is 276 g/mol. The summed E-state index contributed by atoms with van der Waals surface area (Å²) in [7, 11) is -2.05. The van der Waals surface area contributed by atoms with Gasteiger partial charge in [0.2, 0.25) is 0 Å². The number of esters is 1. The number of hydrogen-bond donors (Lipinski definition) is 0. The van der Waals surface area contributed by atoms with Gasteiger partial charge >= 0.3 is 14.5 Å². The third kappa shape index (κ3) is 7.13. The van der Waals surface area contributed by atoms with Crippen LogP contribution in [0.15, 0.2) is 0 Å². The molecule has 0 bridgehead atoms. The lowest BCUT2D eigenvalue weighted by Crippen LogP contribution is -2.39. The van der Waals surface area contributed by atoms with E-state index in [4.69, 9.17) is 13.6 Å². The average Bonchev–Trinajstić information content (AvgIpc) is 2.34. The quantitative estimate of drug-likeness (QED) is 0.349. The molecule has 0 saturated carbocycles. The molecule has 5 heteroatoms. The van der Waals surface area contributed by atoms with Gasteiger partial charge in [0, 0.05) is 13.2 Å². The molecule has 0 aromatic rings. The Labute approximate surface area is 112 Å². The molecule has 0 radical (unpaired) electrons. The first-order valence-electron chi connectivity index (χ1n) is 6.93. The van der Waals surface area contributed by atoms with Crippen molar-refractivity contribution in [2.24, 2.45) is 5.92 Å². The normalized spacial score (nSPS) is 13.4. The van der Waals surface area contributed by atoms with E-state index in [1.165, 1.54) is 0 Å². The largest absolute Gasteiger partial charge is 0.465 e. The van der Waals surface area contributed by atoms with Gasteiger partial charge in [0.25, 0.3) is 0 Å². The van der Waals surface area contributed by atoms with Gasteiger partial charge in [-0.15, -0.1) is 0 Å². The lowest BCUT2D eigenvalue weighted by Gasteiger charge is -2.25. The zero-order valence-corrected chi connectivity index (χ0v) is 13.5. The van der Waals surface area contributed by atoms with Gasteiger partial charge in [-0.05, 0) is 39.3 Å². The summed E-state index contributed by atoms with van der Waals surface area (Å²) in [5, 5.41) is 0. The molecule has 0 amide bonds. The predicted molar refractivity (Wildman–Crippen MR) is 74.7 cm³/mol. The van der Waals surface area contributed by atoms with Crippen LogP contribution in [0.5, 0.6) is 0 Å².